The Balaban J connectivity index is 1.48. The highest BCUT2D eigenvalue weighted by atomic mass is 16.2. The lowest BCUT2D eigenvalue weighted by atomic mass is 10.0. The van der Waals surface area contributed by atoms with Crippen molar-refractivity contribution in [1.29, 1.82) is 0 Å². The highest BCUT2D eigenvalue weighted by Crippen LogP contribution is 2.44. The van der Waals surface area contributed by atoms with Gasteiger partial charge in [-0.1, -0.05) is 25.1 Å². The van der Waals surface area contributed by atoms with E-state index in [1.54, 1.807) is 32.3 Å². The van der Waals surface area contributed by atoms with Crippen LogP contribution in [-0.4, -0.2) is 49.8 Å². The minimum Gasteiger partial charge on any atom is -0.341 e. The number of rotatable bonds is 5. The molecule has 38 heavy (non-hydrogen) atoms. The van der Waals surface area contributed by atoms with E-state index < -0.39 is 0 Å². The highest BCUT2D eigenvalue weighted by Gasteiger charge is 2.34. The van der Waals surface area contributed by atoms with Gasteiger partial charge in [0, 0.05) is 49.8 Å². The van der Waals surface area contributed by atoms with Gasteiger partial charge in [0.1, 0.15) is 11.5 Å². The van der Waals surface area contributed by atoms with E-state index in [4.69, 9.17) is 16.5 Å². The molecule has 1 N–H and O–H groups in total. The second-order valence-electron chi connectivity index (χ2n) is 9.72. The molecule has 9 heteroatoms. The number of fused-ring (bicyclic) bond motifs is 2. The Labute approximate surface area is 220 Å². The molecule has 9 nitrogen and oxygen atoms in total. The first-order chi connectivity index (χ1) is 18.5. The van der Waals surface area contributed by atoms with Gasteiger partial charge in [0.05, 0.1) is 35.7 Å². The van der Waals surface area contributed by atoms with Gasteiger partial charge in [-0.15, -0.1) is 0 Å². The maximum absolute atomic E-state index is 12.4. The fourth-order valence-electron chi connectivity index (χ4n) is 5.17. The molecule has 1 aliphatic heterocycles. The standard InChI is InChI=1S/C29H27N7O2/c1-4-25(37)22-11-10-18(15-32-22)26-23(30-2)14-20-19(6-5-7-21(20)33-26)27-24-16-35(29(38)31-3)12-13-36(24)28(34-27)17-8-9-17/h5-7,10-11,14-15,17H,4,8-9,12-13,16H2,1,3H3,(H,31,38). The number of hydrogen-bond acceptors (Lipinski definition) is 5. The van der Waals surface area contributed by atoms with Crippen LogP contribution in [-0.2, 0) is 13.1 Å². The van der Waals surface area contributed by atoms with Crippen LogP contribution >= 0.6 is 0 Å². The van der Waals surface area contributed by atoms with E-state index in [0.29, 0.717) is 54.6 Å². The molecule has 0 bridgehead atoms. The third-order valence-electron chi connectivity index (χ3n) is 7.34. The number of pyridine rings is 2. The molecule has 6 rings (SSSR count). The molecule has 1 fully saturated rings. The molecule has 1 aliphatic carbocycles. The van der Waals surface area contributed by atoms with Crippen molar-refractivity contribution in [3.63, 3.8) is 0 Å². The molecule has 3 aromatic heterocycles. The van der Waals surface area contributed by atoms with Gasteiger partial charge in [-0.25, -0.2) is 14.6 Å². The predicted octanol–water partition coefficient (Wildman–Crippen LogP) is 5.34. The van der Waals surface area contributed by atoms with Crippen molar-refractivity contribution >= 4 is 28.4 Å². The van der Waals surface area contributed by atoms with Crippen LogP contribution < -0.4 is 5.32 Å². The van der Waals surface area contributed by atoms with Gasteiger partial charge in [-0.05, 0) is 36.4 Å². The van der Waals surface area contributed by atoms with Gasteiger partial charge in [0.25, 0.3) is 0 Å². The average molecular weight is 506 g/mol. The third-order valence-corrected chi connectivity index (χ3v) is 7.34. The van der Waals surface area contributed by atoms with Crippen molar-refractivity contribution in [3.8, 4) is 22.5 Å². The van der Waals surface area contributed by atoms with Crippen LogP contribution in [0.3, 0.4) is 0 Å². The Morgan fingerprint density at radius 1 is 1.13 bits per heavy atom. The zero-order chi connectivity index (χ0) is 26.4. The number of amides is 2. The van der Waals surface area contributed by atoms with Crippen molar-refractivity contribution in [3.05, 3.63) is 71.2 Å². The fourth-order valence-corrected chi connectivity index (χ4v) is 5.17. The molecule has 2 amide bonds. The van der Waals surface area contributed by atoms with Crippen LogP contribution in [0.25, 0.3) is 38.3 Å². The number of ketones is 1. The molecule has 1 aromatic carbocycles. The van der Waals surface area contributed by atoms with E-state index in [1.807, 2.05) is 29.2 Å². The van der Waals surface area contributed by atoms with Crippen molar-refractivity contribution in [2.75, 3.05) is 13.6 Å². The number of carbonyl (C=O) groups excluding carboxylic acids is 2. The summed E-state index contributed by atoms with van der Waals surface area (Å²) in [5.74, 6) is 1.52. The number of imidazole rings is 1. The number of hydrogen-bond donors (Lipinski definition) is 1. The summed E-state index contributed by atoms with van der Waals surface area (Å²) in [5, 5.41) is 3.58. The molecule has 1 saturated carbocycles. The van der Waals surface area contributed by atoms with Crippen LogP contribution in [0.15, 0.2) is 42.6 Å². The molecule has 4 heterocycles. The molecule has 2 aliphatic rings. The molecule has 0 unspecified atom stereocenters. The van der Waals surface area contributed by atoms with E-state index in [0.717, 1.165) is 46.5 Å². The summed E-state index contributed by atoms with van der Waals surface area (Å²) in [6, 6.07) is 11.1. The van der Waals surface area contributed by atoms with E-state index >= 15 is 0 Å². The average Bonchev–Trinajstić information content (AvgIpc) is 3.75. The van der Waals surface area contributed by atoms with Crippen LogP contribution in [0.5, 0.6) is 0 Å². The van der Waals surface area contributed by atoms with Gasteiger partial charge in [-0.3, -0.25) is 14.8 Å². The summed E-state index contributed by atoms with van der Waals surface area (Å²) in [6.45, 7) is 11.5. The Morgan fingerprint density at radius 3 is 2.66 bits per heavy atom. The molecule has 0 radical (unpaired) electrons. The van der Waals surface area contributed by atoms with Crippen LogP contribution in [0.2, 0.25) is 0 Å². The van der Waals surface area contributed by atoms with Crippen molar-refractivity contribution in [2.45, 2.75) is 45.2 Å². The summed E-state index contributed by atoms with van der Waals surface area (Å²) in [7, 11) is 1.65. The summed E-state index contributed by atoms with van der Waals surface area (Å²) in [5.41, 5.74) is 5.55. The van der Waals surface area contributed by atoms with Gasteiger partial charge in [-0.2, -0.15) is 0 Å². The maximum atomic E-state index is 12.4. The summed E-state index contributed by atoms with van der Waals surface area (Å²) in [6.07, 6.45) is 4.26. The fraction of sp³-hybridized carbons (Fsp3) is 0.310. The molecular formula is C29H27N7O2. The highest BCUT2D eigenvalue weighted by molar-refractivity contribution is 5.99. The van der Waals surface area contributed by atoms with Crippen molar-refractivity contribution in [2.24, 2.45) is 0 Å². The largest absolute Gasteiger partial charge is 0.341 e. The third kappa shape index (κ3) is 3.98. The number of aromatic nitrogens is 4. The molecule has 190 valence electrons. The SMILES string of the molecule is [C-]#[N+]c1cc2c(-c3nc(C4CC4)n4c3CN(C(=O)NC)CC4)cccc2nc1-c1ccc(C(=O)CC)nc1. The summed E-state index contributed by atoms with van der Waals surface area (Å²) < 4.78 is 2.29. The lowest BCUT2D eigenvalue weighted by Gasteiger charge is -2.29. The maximum Gasteiger partial charge on any atom is 0.317 e. The van der Waals surface area contributed by atoms with E-state index in [1.165, 1.54) is 0 Å². The lowest BCUT2D eigenvalue weighted by Crippen LogP contribution is -2.43. The minimum atomic E-state index is -0.101. The Hall–Kier alpha value is -4.58. The Kier molecular flexibility index (Phi) is 5.87. The topological polar surface area (TPSA) is 97.4 Å². The van der Waals surface area contributed by atoms with Crippen LogP contribution in [0.1, 0.15) is 54.1 Å². The van der Waals surface area contributed by atoms with Gasteiger partial charge < -0.3 is 14.8 Å². The minimum absolute atomic E-state index is 0.0259. The molecule has 4 aromatic rings. The number of nitrogens with zero attached hydrogens (tertiary/aromatic N) is 6. The zero-order valence-corrected chi connectivity index (χ0v) is 21.4. The smallest absolute Gasteiger partial charge is 0.317 e. The summed E-state index contributed by atoms with van der Waals surface area (Å²) in [4.78, 5) is 44.3. The van der Waals surface area contributed by atoms with Crippen molar-refractivity contribution < 1.29 is 9.59 Å². The second kappa shape index (κ2) is 9.38. The number of nitrogens with one attached hydrogen (secondary N) is 1. The van der Waals surface area contributed by atoms with E-state index in [2.05, 4.69) is 19.7 Å². The second-order valence-corrected chi connectivity index (χ2v) is 9.72. The predicted molar refractivity (Wildman–Crippen MR) is 144 cm³/mol. The van der Waals surface area contributed by atoms with Crippen molar-refractivity contribution in [1.82, 2.24) is 29.7 Å². The van der Waals surface area contributed by atoms with Gasteiger partial charge in [0.2, 0.25) is 5.69 Å². The molecular weight excluding hydrogens is 478 g/mol. The zero-order valence-electron chi connectivity index (χ0n) is 21.4. The molecule has 0 saturated heterocycles. The normalized spacial score (nSPS) is 14.7. The van der Waals surface area contributed by atoms with Gasteiger partial charge in [0.15, 0.2) is 5.78 Å². The van der Waals surface area contributed by atoms with Gasteiger partial charge >= 0.3 is 6.03 Å². The number of urea groups is 1. The number of Topliss-reactive ketones (excluding diaryl/α,β-unsaturated/α-hetero) is 1. The first kappa shape index (κ1) is 23.8. The first-order valence-corrected chi connectivity index (χ1v) is 12.9. The monoisotopic (exact) mass is 505 g/mol. The lowest BCUT2D eigenvalue weighted by molar-refractivity contribution is 0.0983. The van der Waals surface area contributed by atoms with E-state index in [9.17, 15) is 9.59 Å². The Bertz CT molecular complexity index is 1630. The Morgan fingerprint density at radius 2 is 1.97 bits per heavy atom. The number of carbonyl (C=O) groups is 2. The summed E-state index contributed by atoms with van der Waals surface area (Å²) >= 11 is 0. The van der Waals surface area contributed by atoms with Crippen LogP contribution in [0, 0.1) is 6.57 Å². The molecule has 0 atom stereocenters. The quantitative estimate of drug-likeness (QED) is 0.292. The molecule has 0 spiro atoms. The van der Waals surface area contributed by atoms with Crippen LogP contribution in [0.4, 0.5) is 10.5 Å². The van der Waals surface area contributed by atoms with E-state index in [-0.39, 0.29) is 11.8 Å². The first-order valence-electron chi connectivity index (χ1n) is 12.9. The number of benzene rings is 1.